The summed E-state index contributed by atoms with van der Waals surface area (Å²) in [5.41, 5.74) is -0.149. The van der Waals surface area contributed by atoms with Crippen LogP contribution in [0.25, 0.3) is 21.8 Å². The van der Waals surface area contributed by atoms with Crippen LogP contribution in [0.2, 0.25) is 0 Å². The maximum Gasteiger partial charge on any atom is 1.00 e. The van der Waals surface area contributed by atoms with Crippen molar-refractivity contribution in [2.24, 2.45) is 11.8 Å². The van der Waals surface area contributed by atoms with Crippen LogP contribution in [-0.2, 0) is 80.9 Å². The Kier molecular flexibility index (Phi) is 36.3. The van der Waals surface area contributed by atoms with Crippen molar-refractivity contribution < 1.29 is 187 Å². The van der Waals surface area contributed by atoms with Gasteiger partial charge in [-0.3, -0.25) is 37.4 Å². The maximum atomic E-state index is 14.5. The normalized spacial score (nSPS) is 24.7. The minimum absolute atomic E-state index is 0. The third-order valence-electron chi connectivity index (χ3n) is 22.6. The number of ether oxygens (including phenoxy) is 8. The number of aromatic nitrogens is 2. The number of nitrogens with zero attached hydrogens (tertiary/aromatic N) is 3. The number of halogens is 1. The number of hydrogen-bond acceptors (Lipinski definition) is 26. The summed E-state index contributed by atoms with van der Waals surface area (Å²) < 4.78 is 80.4. The van der Waals surface area contributed by atoms with Gasteiger partial charge in [-0.25, -0.2) is 29.0 Å². The first kappa shape index (κ1) is 97.6. The number of alkyl carbamates (subject to hydrolysis) is 2. The van der Waals surface area contributed by atoms with E-state index in [1.807, 2.05) is 38.2 Å². The molecule has 4 saturated carbocycles. The van der Waals surface area contributed by atoms with Gasteiger partial charge in [-0.2, -0.15) is 8.42 Å². The number of H-pyrrole nitrogens is 1. The molecule has 2 aromatic heterocycles. The summed E-state index contributed by atoms with van der Waals surface area (Å²) in [5, 5.41) is 20.8. The Balaban J connectivity index is 0.000000239. The van der Waals surface area contributed by atoms with Gasteiger partial charge in [0.1, 0.15) is 71.0 Å². The number of hydrogen-bond donors (Lipinski definition) is 5. The summed E-state index contributed by atoms with van der Waals surface area (Å²) in [5.74, 6) is -3.70. The number of esters is 3. The van der Waals surface area contributed by atoms with Crippen molar-refractivity contribution in [1.29, 1.82) is 0 Å². The Morgan fingerprint density at radius 1 is 0.620 bits per heavy atom. The van der Waals surface area contributed by atoms with E-state index in [2.05, 4.69) is 63.6 Å². The number of carbonyl (C=O) groups is 11. The number of methoxy groups -OCH3 is 5. The quantitative estimate of drug-likeness (QED) is 0.0120. The van der Waals surface area contributed by atoms with E-state index < -0.39 is 117 Å². The molecule has 4 aliphatic heterocycles. The zero-order valence-electron chi connectivity index (χ0n) is 68.4. The van der Waals surface area contributed by atoms with Crippen molar-refractivity contribution in [3.05, 3.63) is 122 Å². The molecule has 4 aliphatic carbocycles. The average Bonchev–Trinajstić information content (AvgIpc) is 1.59. The number of pyridine rings is 2. The summed E-state index contributed by atoms with van der Waals surface area (Å²) >= 11 is 3.28. The number of amides is 6. The van der Waals surface area contributed by atoms with Crippen LogP contribution in [0.5, 0.6) is 17.2 Å². The van der Waals surface area contributed by atoms with E-state index in [1.54, 1.807) is 43.5 Å². The molecular formula is C84H105BrCsN8O26S+. The number of rotatable bonds is 16. The standard InChI is InChI=1S/C38H48N4O10.C31H38BrN3O9S.C13H13NO4.CH2O3.CH4.Cs/c1-22-30(48-2)17-16-26-31(19-28(35(45)49-3)39-32(22)26)51-25-18-29-33(43)41-38(36(46)50-4)20-23(38)12-8-6-5-7-9-15-27(34(44)42(29)21-25)40-37(47)52-24-13-10-11-14-24;1-42-29(38)31-18-20(31)9-5-3-2-4-6-12-25(33-30(39)43-22-10-7-8-11-22)28(37)35-19-23(17-26(35)27(36)34-31)44-45(40,41)24-15-13-21(32)14-16-24;1-7-11(17-2)5-4-8-10(15)6-9(13(16)18-3)14-12(7)8;2-1-4-3;;/h8,12,16-17,19,23-25,27,29H,5-7,9-11,13-15,18,20-21H2,1-4H3,(H,40,47)(H,41,43);5,9,13-16,20,22-23,25-26H,1-4,6-8,10-12,17-19H2,(H-,33,34,36,39);4-6H,1-3H3,(H,14,15);1,3H;1H4;/q;;;;;+1/b12-8-;9-5-;;;;/t23?,25-,27+,29+,38-;20?,23-,25-,26-,31+;;;;/m10..../s1. The van der Waals surface area contributed by atoms with E-state index in [-0.39, 0.29) is 154 Å². The topological polar surface area (TPSA) is 449 Å². The SMILES string of the molecule is C.C=[O+]C(=O)[C@@]12CC1/C=C\CCCCC[C@H](NC(=O)OC1CCCC1)C(=O)N1C[C@@H](OS(=O)(=O)c3ccc(Br)cc3)C[C@H]1C(=O)N2.COC(=O)c1cc(=O)c2ccc(OC)c(C)c2[nH]1.COC(=O)c1cc(O[C@@H]2C[C@H]3C(=O)N[C@]4(C(=O)OC)CC4/C=C\CCCCC[C@H](NC(=O)OC4CCCC4)C(=O)N3C2)c2ccc(OC)c(C)c2n1.O=CO[O-].[Cs+]. The van der Waals surface area contributed by atoms with Crippen LogP contribution < -0.4 is 115 Å². The molecule has 0 spiro atoms. The number of aromatic amines is 1. The minimum atomic E-state index is -4.25. The van der Waals surface area contributed by atoms with E-state index in [4.69, 9.17) is 51.8 Å². The fourth-order valence-corrected chi connectivity index (χ4v) is 17.4. The van der Waals surface area contributed by atoms with Gasteiger partial charge in [-0.1, -0.05) is 73.3 Å². The van der Waals surface area contributed by atoms with Crippen LogP contribution in [-0.4, -0.2) is 209 Å². The van der Waals surface area contributed by atoms with E-state index in [0.29, 0.717) is 87.6 Å². The Morgan fingerprint density at radius 3 is 1.62 bits per heavy atom. The first-order chi connectivity index (χ1) is 57.1. The molecule has 2 saturated heterocycles. The van der Waals surface area contributed by atoms with E-state index in [0.717, 1.165) is 95.5 Å². The van der Waals surface area contributed by atoms with Crippen LogP contribution in [0.3, 0.4) is 0 Å². The van der Waals surface area contributed by atoms with Crippen LogP contribution in [0.4, 0.5) is 9.59 Å². The summed E-state index contributed by atoms with van der Waals surface area (Å²) in [6.45, 7) is 6.46. The van der Waals surface area contributed by atoms with E-state index in [9.17, 15) is 61.2 Å². The van der Waals surface area contributed by atoms with Crippen molar-refractivity contribution in [3.8, 4) is 17.2 Å². The fraction of sp³-hybridized carbons (Fsp3) is 0.524. The van der Waals surface area contributed by atoms with Crippen molar-refractivity contribution in [2.45, 2.75) is 227 Å². The van der Waals surface area contributed by atoms with Gasteiger partial charge in [0.15, 0.2) is 17.9 Å². The molecule has 34 nitrogen and oxygen atoms in total. The van der Waals surface area contributed by atoms with Crippen LogP contribution >= 0.6 is 15.9 Å². The number of benzene rings is 3. The van der Waals surface area contributed by atoms with Crippen molar-refractivity contribution >= 4 is 121 Å². The number of nitrogens with one attached hydrogen (secondary N) is 5. The zero-order chi connectivity index (χ0) is 85.9. The molecule has 0 bridgehead atoms. The van der Waals surface area contributed by atoms with Gasteiger partial charge in [0.2, 0.25) is 29.2 Å². The van der Waals surface area contributed by atoms with Gasteiger partial charge in [0.25, 0.3) is 16.6 Å². The van der Waals surface area contributed by atoms with Gasteiger partial charge in [0, 0.05) is 69.7 Å². The number of aryl methyl sites for hydroxylation is 2. The number of allylic oxidation sites excluding steroid dienone is 2. The Bertz CT molecular complexity index is 4850. The molecule has 0 radical (unpaired) electrons. The fourth-order valence-electron chi connectivity index (χ4n) is 16.0. The van der Waals surface area contributed by atoms with Gasteiger partial charge in [0.05, 0.1) is 68.9 Å². The second-order valence-corrected chi connectivity index (χ2v) is 32.8. The summed E-state index contributed by atoms with van der Waals surface area (Å²) in [6.07, 6.45) is 18.6. The number of fused-ring (bicyclic) bond motifs is 6. The molecule has 13 rings (SSSR count). The molecule has 3 aromatic carbocycles. The molecule has 6 amide bonds. The molecule has 6 fully saturated rings. The average molecular weight is 1890 g/mol. The smallest absolute Gasteiger partial charge is 0.662 e. The van der Waals surface area contributed by atoms with Gasteiger partial charge < -0.3 is 84.1 Å². The van der Waals surface area contributed by atoms with E-state index in [1.165, 1.54) is 62.5 Å². The Hall–Kier alpha value is -8.80. The maximum absolute atomic E-state index is 14.5. The van der Waals surface area contributed by atoms with Crippen LogP contribution in [0, 0.1) is 25.7 Å². The molecule has 5 N–H and O–H groups in total. The molecule has 10 atom stereocenters. The van der Waals surface area contributed by atoms with E-state index >= 15 is 0 Å². The van der Waals surface area contributed by atoms with Gasteiger partial charge in [-0.15, -0.1) is 0 Å². The third kappa shape index (κ3) is 24.4. The van der Waals surface area contributed by atoms with Crippen molar-refractivity contribution in [2.75, 3.05) is 48.6 Å². The second kappa shape index (κ2) is 45.0. The van der Waals surface area contributed by atoms with Gasteiger partial charge >= 0.3 is 105 Å². The zero-order valence-corrected chi connectivity index (χ0v) is 77.0. The second-order valence-electron chi connectivity index (χ2n) is 30.3. The molecule has 37 heteroatoms. The molecule has 2 unspecified atom stereocenters. The third-order valence-corrected chi connectivity index (χ3v) is 24.5. The van der Waals surface area contributed by atoms with Crippen molar-refractivity contribution in [3.63, 3.8) is 0 Å². The summed E-state index contributed by atoms with van der Waals surface area (Å²) in [7, 11) is 2.66. The molecule has 121 heavy (non-hydrogen) atoms. The molecular weight excluding hydrogens is 1780 g/mol. The predicted octanol–water partition coefficient (Wildman–Crippen LogP) is 5.45. The molecule has 6 heterocycles. The molecule has 650 valence electrons. The summed E-state index contributed by atoms with van der Waals surface area (Å²) in [4.78, 5) is 166. The molecule has 8 aliphatic rings. The van der Waals surface area contributed by atoms with Crippen LogP contribution in [0.1, 0.15) is 181 Å². The van der Waals surface area contributed by atoms with Crippen molar-refractivity contribution in [1.82, 2.24) is 41.0 Å². The first-order valence-electron chi connectivity index (χ1n) is 39.6. The minimum Gasteiger partial charge on any atom is -0.662 e. The molecule has 5 aromatic rings. The first-order valence-corrected chi connectivity index (χ1v) is 41.8. The summed E-state index contributed by atoms with van der Waals surface area (Å²) in [6, 6.07) is 11.4. The Morgan fingerprint density at radius 2 is 1.11 bits per heavy atom. The largest absolute Gasteiger partial charge is 1.00 e. The number of carbonyl (C=O) groups excluding carboxylic acids is 12. The van der Waals surface area contributed by atoms with Gasteiger partial charge in [-0.05, 0) is 165 Å². The van der Waals surface area contributed by atoms with Crippen LogP contribution in [0.15, 0.2) is 99.1 Å². The monoisotopic (exact) mass is 1890 g/mol. The Labute approximate surface area is 768 Å². The predicted molar refractivity (Wildman–Crippen MR) is 434 cm³/mol.